The summed E-state index contributed by atoms with van der Waals surface area (Å²) in [6.07, 6.45) is 6.56. The number of aliphatic hydroxyl groups excluding tert-OH is 1. The molecule has 0 aliphatic heterocycles. The number of hydrogen-bond donors (Lipinski definition) is 1. The second-order valence-electron chi connectivity index (χ2n) is 8.79. The normalized spacial score (nSPS) is 48.2. The highest BCUT2D eigenvalue weighted by molar-refractivity contribution is 5.95. The van der Waals surface area contributed by atoms with Crippen molar-refractivity contribution < 1.29 is 9.90 Å². The Kier molecular flexibility index (Phi) is 3.67. The molecular formula is C20H30O2. The molecule has 0 unspecified atom stereocenters. The lowest BCUT2D eigenvalue weighted by Gasteiger charge is -2.54. The Morgan fingerprint density at radius 2 is 1.86 bits per heavy atom. The number of Topliss-reactive ketones (excluding diaryl/α,β-unsaturated/α-hetero) is 1. The summed E-state index contributed by atoms with van der Waals surface area (Å²) in [7, 11) is 0. The van der Waals surface area contributed by atoms with Gasteiger partial charge in [-0.15, -0.1) is 0 Å². The first-order chi connectivity index (χ1) is 10.2. The van der Waals surface area contributed by atoms with Gasteiger partial charge < -0.3 is 5.11 Å². The highest BCUT2D eigenvalue weighted by atomic mass is 16.3. The molecule has 2 saturated carbocycles. The second kappa shape index (κ2) is 5.06. The highest BCUT2D eigenvalue weighted by Gasteiger charge is 2.59. The third-order valence-electron chi connectivity index (χ3n) is 7.15. The first kappa shape index (κ1) is 16.0. The number of ketones is 1. The lowest BCUT2D eigenvalue weighted by atomic mass is 9.50. The van der Waals surface area contributed by atoms with E-state index >= 15 is 0 Å². The second-order valence-corrected chi connectivity index (χ2v) is 8.79. The van der Waals surface area contributed by atoms with Crippen LogP contribution >= 0.6 is 0 Å². The standard InChI is InChI=1S/C20H30O2/c1-12(2)14-6-7-19(4)8-9-20(5)11-16(22)13(3)10-15(21)18(20)17(14)19/h10,14-15,17-18,21H,1,6-9,11H2,2-5H3/t14-,15-,17-,18+,19+,20-/m0/s1. The fourth-order valence-corrected chi connectivity index (χ4v) is 5.81. The van der Waals surface area contributed by atoms with E-state index in [9.17, 15) is 9.90 Å². The summed E-state index contributed by atoms with van der Waals surface area (Å²) in [5.74, 6) is 1.34. The van der Waals surface area contributed by atoms with E-state index in [-0.39, 0.29) is 17.1 Å². The topological polar surface area (TPSA) is 37.3 Å². The van der Waals surface area contributed by atoms with Crippen molar-refractivity contribution in [3.63, 3.8) is 0 Å². The van der Waals surface area contributed by atoms with E-state index in [0.29, 0.717) is 23.7 Å². The van der Waals surface area contributed by atoms with Crippen LogP contribution in [0.15, 0.2) is 23.8 Å². The number of carbonyl (C=O) groups excluding carboxylic acids is 1. The van der Waals surface area contributed by atoms with Crippen LogP contribution in [0.5, 0.6) is 0 Å². The molecule has 122 valence electrons. The molecule has 2 fully saturated rings. The van der Waals surface area contributed by atoms with Gasteiger partial charge in [-0.05, 0) is 79.8 Å². The van der Waals surface area contributed by atoms with Gasteiger partial charge in [0.25, 0.3) is 0 Å². The Hall–Kier alpha value is -0.890. The number of fused-ring (bicyclic) bond motifs is 3. The number of rotatable bonds is 1. The maximum atomic E-state index is 12.4. The molecule has 2 nitrogen and oxygen atoms in total. The molecule has 2 heteroatoms. The summed E-state index contributed by atoms with van der Waals surface area (Å²) in [6.45, 7) is 12.9. The third-order valence-corrected chi connectivity index (χ3v) is 7.15. The third kappa shape index (κ3) is 2.22. The number of hydrogen-bond acceptors (Lipinski definition) is 2. The van der Waals surface area contributed by atoms with Crippen LogP contribution in [0.25, 0.3) is 0 Å². The Morgan fingerprint density at radius 1 is 1.23 bits per heavy atom. The monoisotopic (exact) mass is 302 g/mol. The molecule has 0 heterocycles. The van der Waals surface area contributed by atoms with E-state index in [1.807, 2.05) is 13.0 Å². The van der Waals surface area contributed by atoms with Gasteiger partial charge >= 0.3 is 0 Å². The number of aliphatic hydroxyl groups is 1. The van der Waals surface area contributed by atoms with E-state index in [1.54, 1.807) is 0 Å². The minimum Gasteiger partial charge on any atom is -0.389 e. The van der Waals surface area contributed by atoms with Gasteiger partial charge in [0.05, 0.1) is 6.10 Å². The van der Waals surface area contributed by atoms with Crippen LogP contribution in [-0.4, -0.2) is 17.0 Å². The summed E-state index contributed by atoms with van der Waals surface area (Å²) in [5, 5.41) is 10.9. The fraction of sp³-hybridized carbons (Fsp3) is 0.750. The molecule has 0 aromatic heterocycles. The molecule has 0 amide bonds. The van der Waals surface area contributed by atoms with Gasteiger partial charge in [-0.25, -0.2) is 0 Å². The molecule has 0 spiro atoms. The van der Waals surface area contributed by atoms with Crippen LogP contribution in [-0.2, 0) is 4.79 Å². The van der Waals surface area contributed by atoms with E-state index in [2.05, 4.69) is 27.4 Å². The summed E-state index contributed by atoms with van der Waals surface area (Å²) in [6, 6.07) is 0. The molecule has 0 radical (unpaired) electrons. The Balaban J connectivity index is 2.08. The first-order valence-electron chi connectivity index (χ1n) is 8.73. The molecule has 22 heavy (non-hydrogen) atoms. The molecule has 6 atom stereocenters. The van der Waals surface area contributed by atoms with Crippen LogP contribution < -0.4 is 0 Å². The van der Waals surface area contributed by atoms with E-state index in [4.69, 9.17) is 0 Å². The predicted molar refractivity (Wildman–Crippen MR) is 89.4 cm³/mol. The van der Waals surface area contributed by atoms with Crippen molar-refractivity contribution >= 4 is 5.78 Å². The van der Waals surface area contributed by atoms with Crippen molar-refractivity contribution in [1.29, 1.82) is 0 Å². The lowest BCUT2D eigenvalue weighted by Crippen LogP contribution is -2.51. The molecule has 3 aliphatic carbocycles. The number of carbonyl (C=O) groups is 1. The zero-order valence-corrected chi connectivity index (χ0v) is 14.5. The zero-order valence-electron chi connectivity index (χ0n) is 14.5. The first-order valence-corrected chi connectivity index (χ1v) is 8.73. The summed E-state index contributed by atoms with van der Waals surface area (Å²) in [4.78, 5) is 12.4. The average molecular weight is 302 g/mol. The van der Waals surface area contributed by atoms with Crippen molar-refractivity contribution in [2.24, 2.45) is 28.6 Å². The van der Waals surface area contributed by atoms with Gasteiger partial charge in [-0.3, -0.25) is 4.79 Å². The van der Waals surface area contributed by atoms with Crippen LogP contribution in [0.1, 0.15) is 59.8 Å². The van der Waals surface area contributed by atoms with Gasteiger partial charge in [0.1, 0.15) is 0 Å². The minimum atomic E-state index is -0.499. The van der Waals surface area contributed by atoms with Crippen molar-refractivity contribution in [2.45, 2.75) is 65.9 Å². The Bertz CT molecular complexity index is 546. The average Bonchev–Trinajstić information content (AvgIpc) is 2.72. The Morgan fingerprint density at radius 3 is 2.50 bits per heavy atom. The van der Waals surface area contributed by atoms with Gasteiger partial charge in [0.2, 0.25) is 0 Å². The smallest absolute Gasteiger partial charge is 0.158 e. The SMILES string of the molecule is C=C(C)[C@@H]1CC[C@]2(C)CC[C@@]3(C)CC(=O)C(C)=C[C@H](O)[C@@H]3[C@H]12. The molecule has 3 rings (SSSR count). The van der Waals surface area contributed by atoms with E-state index < -0.39 is 6.10 Å². The quantitative estimate of drug-likeness (QED) is 0.734. The van der Waals surface area contributed by atoms with Crippen molar-refractivity contribution in [3.05, 3.63) is 23.8 Å². The van der Waals surface area contributed by atoms with Crippen LogP contribution in [0.4, 0.5) is 0 Å². The van der Waals surface area contributed by atoms with Crippen molar-refractivity contribution in [1.82, 2.24) is 0 Å². The maximum absolute atomic E-state index is 12.4. The summed E-state index contributed by atoms with van der Waals surface area (Å²) in [5.41, 5.74) is 2.22. The Labute approximate surface area is 134 Å². The molecule has 1 N–H and O–H groups in total. The molecule has 3 aliphatic rings. The zero-order chi connectivity index (χ0) is 16.3. The van der Waals surface area contributed by atoms with E-state index in [1.165, 1.54) is 24.8 Å². The van der Waals surface area contributed by atoms with Crippen LogP contribution in [0.2, 0.25) is 0 Å². The lowest BCUT2D eigenvalue weighted by molar-refractivity contribution is -0.124. The van der Waals surface area contributed by atoms with Crippen molar-refractivity contribution in [2.75, 3.05) is 0 Å². The minimum absolute atomic E-state index is 0.0764. The van der Waals surface area contributed by atoms with Crippen LogP contribution in [0.3, 0.4) is 0 Å². The molecular weight excluding hydrogens is 272 g/mol. The summed E-state index contributed by atoms with van der Waals surface area (Å²) < 4.78 is 0. The van der Waals surface area contributed by atoms with Gasteiger partial charge in [-0.1, -0.05) is 26.0 Å². The van der Waals surface area contributed by atoms with Crippen molar-refractivity contribution in [3.8, 4) is 0 Å². The van der Waals surface area contributed by atoms with Gasteiger partial charge in [0, 0.05) is 6.42 Å². The highest BCUT2D eigenvalue weighted by Crippen LogP contribution is 2.65. The molecule has 0 bridgehead atoms. The summed E-state index contributed by atoms with van der Waals surface area (Å²) >= 11 is 0. The largest absolute Gasteiger partial charge is 0.389 e. The molecule has 0 aromatic carbocycles. The predicted octanol–water partition coefficient (Wildman–Crippen LogP) is 4.29. The maximum Gasteiger partial charge on any atom is 0.158 e. The number of allylic oxidation sites excluding steroid dienone is 2. The fourth-order valence-electron chi connectivity index (χ4n) is 5.81. The van der Waals surface area contributed by atoms with Crippen LogP contribution in [0, 0.1) is 28.6 Å². The van der Waals surface area contributed by atoms with Gasteiger partial charge in [0.15, 0.2) is 5.78 Å². The van der Waals surface area contributed by atoms with Gasteiger partial charge in [-0.2, -0.15) is 0 Å². The molecule has 0 aromatic rings. The van der Waals surface area contributed by atoms with E-state index in [0.717, 1.165) is 12.0 Å². The molecule has 0 saturated heterocycles.